The van der Waals surface area contributed by atoms with Crippen molar-refractivity contribution in [1.29, 1.82) is 0 Å². The van der Waals surface area contributed by atoms with Crippen LogP contribution in [0.15, 0.2) is 70.5 Å². The average Bonchev–Trinajstić information content (AvgIpc) is 3.04. The maximum Gasteiger partial charge on any atom is 0.407 e. The number of hydrogen-bond donors (Lipinski definition) is 2. The van der Waals surface area contributed by atoms with Gasteiger partial charge in [-0.2, -0.15) is 14.9 Å². The van der Waals surface area contributed by atoms with Gasteiger partial charge in [-0.05, 0) is 47.4 Å². The average molecular weight is 709 g/mol. The molecule has 15 heteroatoms. The van der Waals surface area contributed by atoms with Gasteiger partial charge in [0.15, 0.2) is 0 Å². The molecule has 5 heterocycles. The number of halogens is 1. The number of fused-ring (bicyclic) bond motifs is 1. The molecule has 0 atom stereocenters. The van der Waals surface area contributed by atoms with E-state index in [0.29, 0.717) is 41.1 Å². The van der Waals surface area contributed by atoms with E-state index in [2.05, 4.69) is 25.4 Å². The molecule has 3 aromatic heterocycles. The Balaban J connectivity index is 1.21. The number of carbonyl (C=O) groups is 2. The van der Waals surface area contributed by atoms with Crippen molar-refractivity contribution in [2.75, 3.05) is 36.4 Å². The number of aromatic nitrogens is 5. The van der Waals surface area contributed by atoms with Gasteiger partial charge in [-0.3, -0.25) is 14.4 Å². The van der Waals surface area contributed by atoms with Crippen LogP contribution in [0.2, 0.25) is 0 Å². The first kappa shape index (κ1) is 34.3. The van der Waals surface area contributed by atoms with Gasteiger partial charge in [0.25, 0.3) is 11.1 Å². The van der Waals surface area contributed by atoms with Crippen LogP contribution in [-0.4, -0.2) is 72.8 Å². The number of nitrogens with zero attached hydrogens (tertiary/aromatic N) is 7. The van der Waals surface area contributed by atoms with Gasteiger partial charge >= 0.3 is 12.1 Å². The van der Waals surface area contributed by atoms with E-state index in [0.717, 1.165) is 33.7 Å². The van der Waals surface area contributed by atoms with Crippen molar-refractivity contribution in [2.24, 2.45) is 12.5 Å². The Kier molecular flexibility index (Phi) is 8.31. The molecular formula is C37H37FN8O6. The molecule has 268 valence electrons. The quantitative estimate of drug-likeness (QED) is 0.227. The summed E-state index contributed by atoms with van der Waals surface area (Å²) in [5, 5.41) is 21.3. The summed E-state index contributed by atoms with van der Waals surface area (Å²) in [6, 6.07) is 13.3. The lowest BCUT2D eigenvalue weighted by Gasteiger charge is -2.60. The number of likely N-dealkylation sites (tertiary alicyclic amines) is 1. The summed E-state index contributed by atoms with van der Waals surface area (Å²) in [7, 11) is 1.50. The number of benzene rings is 2. The van der Waals surface area contributed by atoms with Crippen LogP contribution in [0, 0.1) is 11.2 Å². The number of carbonyl (C=O) groups excluding carboxylic acids is 1. The Labute approximate surface area is 297 Å². The van der Waals surface area contributed by atoms with Crippen LogP contribution in [0.1, 0.15) is 38.8 Å². The lowest BCUT2D eigenvalue weighted by molar-refractivity contribution is -0.142. The molecule has 2 fully saturated rings. The van der Waals surface area contributed by atoms with E-state index >= 15 is 4.39 Å². The van der Waals surface area contributed by atoms with Crippen molar-refractivity contribution < 1.29 is 23.8 Å². The fourth-order valence-corrected chi connectivity index (χ4v) is 6.84. The molecule has 2 aliphatic heterocycles. The summed E-state index contributed by atoms with van der Waals surface area (Å²) >= 11 is 0. The number of aryl methyl sites for hydroxylation is 1. The molecule has 2 aliphatic rings. The topological polar surface area (TPSA) is 165 Å². The zero-order valence-corrected chi connectivity index (χ0v) is 29.3. The zero-order chi connectivity index (χ0) is 37.1. The Morgan fingerprint density at radius 2 is 1.77 bits per heavy atom. The van der Waals surface area contributed by atoms with E-state index in [4.69, 9.17) is 9.84 Å². The van der Waals surface area contributed by atoms with E-state index in [1.807, 2.05) is 26.8 Å². The smallest absolute Gasteiger partial charge is 0.407 e. The zero-order valence-electron chi connectivity index (χ0n) is 29.3. The van der Waals surface area contributed by atoms with E-state index < -0.39 is 29.0 Å². The van der Waals surface area contributed by atoms with Gasteiger partial charge in [0.05, 0.1) is 34.8 Å². The Morgan fingerprint density at radius 3 is 2.42 bits per heavy atom. The highest BCUT2D eigenvalue weighted by Gasteiger charge is 2.53. The summed E-state index contributed by atoms with van der Waals surface area (Å²) in [5.41, 5.74) is 1.67. The predicted octanol–water partition coefficient (Wildman–Crippen LogP) is 4.58. The van der Waals surface area contributed by atoms with Crippen molar-refractivity contribution in [3.63, 3.8) is 0 Å². The van der Waals surface area contributed by atoms with Gasteiger partial charge in [0, 0.05) is 62.1 Å². The second-order valence-corrected chi connectivity index (χ2v) is 14.5. The van der Waals surface area contributed by atoms with E-state index in [1.54, 1.807) is 42.6 Å². The summed E-state index contributed by atoms with van der Waals surface area (Å²) < 4.78 is 23.2. The Hall–Kier alpha value is -6.12. The third-order valence-electron chi connectivity index (χ3n) is 9.59. The minimum absolute atomic E-state index is 0.00889. The molecule has 2 saturated heterocycles. The van der Waals surface area contributed by atoms with Gasteiger partial charge in [0.1, 0.15) is 23.9 Å². The molecule has 7 rings (SSSR count). The van der Waals surface area contributed by atoms with E-state index in [9.17, 15) is 19.2 Å². The summed E-state index contributed by atoms with van der Waals surface area (Å²) in [6.45, 7) is 9.38. The van der Waals surface area contributed by atoms with Gasteiger partial charge in [0.2, 0.25) is 0 Å². The van der Waals surface area contributed by atoms with Crippen molar-refractivity contribution in [1.82, 2.24) is 29.4 Å². The van der Waals surface area contributed by atoms with E-state index in [1.165, 1.54) is 31.1 Å². The van der Waals surface area contributed by atoms with Crippen LogP contribution >= 0.6 is 0 Å². The molecule has 0 bridgehead atoms. The van der Waals surface area contributed by atoms with Gasteiger partial charge in [-0.15, -0.1) is 0 Å². The van der Waals surface area contributed by atoms with Crippen LogP contribution in [0.25, 0.3) is 27.7 Å². The number of ether oxygens (including phenoxy) is 1. The lowest BCUT2D eigenvalue weighted by atomic mass is 9.73. The maximum atomic E-state index is 15.5. The first-order valence-corrected chi connectivity index (χ1v) is 16.6. The van der Waals surface area contributed by atoms with Crippen molar-refractivity contribution in [3.05, 3.63) is 98.6 Å². The monoisotopic (exact) mass is 708 g/mol. The number of carboxylic acid groups (broad SMARTS) is 1. The number of hydrogen-bond acceptors (Lipinski definition) is 10. The second kappa shape index (κ2) is 12.6. The minimum Gasteiger partial charge on any atom is -0.465 e. The van der Waals surface area contributed by atoms with Crippen LogP contribution < -0.4 is 21.3 Å². The van der Waals surface area contributed by atoms with Gasteiger partial charge in [-0.1, -0.05) is 32.9 Å². The summed E-state index contributed by atoms with van der Waals surface area (Å²) in [5.74, 6) is -0.821. The van der Waals surface area contributed by atoms with Crippen molar-refractivity contribution >= 4 is 40.0 Å². The van der Waals surface area contributed by atoms with Crippen LogP contribution in [0.5, 0.6) is 0 Å². The first-order valence-electron chi connectivity index (χ1n) is 16.6. The molecule has 14 nitrogen and oxygen atoms in total. The first-order chi connectivity index (χ1) is 24.6. The maximum absolute atomic E-state index is 15.5. The number of anilines is 3. The molecule has 0 saturated carbocycles. The molecule has 1 amide bonds. The lowest BCUT2D eigenvalue weighted by Crippen LogP contribution is -2.73. The van der Waals surface area contributed by atoms with Crippen LogP contribution in [0.4, 0.5) is 26.4 Å². The van der Waals surface area contributed by atoms with Crippen molar-refractivity contribution in [2.45, 2.75) is 39.7 Å². The van der Waals surface area contributed by atoms with Crippen LogP contribution in [-0.2, 0) is 28.6 Å². The predicted molar refractivity (Wildman–Crippen MR) is 192 cm³/mol. The second-order valence-electron chi connectivity index (χ2n) is 14.5. The van der Waals surface area contributed by atoms with E-state index in [-0.39, 0.29) is 34.2 Å². The number of esters is 1. The molecule has 0 aliphatic carbocycles. The molecule has 2 N–H and O–H groups in total. The van der Waals surface area contributed by atoms with Gasteiger partial charge < -0.3 is 25.0 Å². The Morgan fingerprint density at radius 1 is 1.02 bits per heavy atom. The highest BCUT2D eigenvalue weighted by molar-refractivity contribution is 5.83. The largest absolute Gasteiger partial charge is 0.465 e. The molecule has 52 heavy (non-hydrogen) atoms. The number of nitrogens with one attached hydrogen (secondary N) is 1. The fourth-order valence-electron chi connectivity index (χ4n) is 6.84. The molecule has 0 unspecified atom stereocenters. The van der Waals surface area contributed by atoms with Gasteiger partial charge in [-0.25, -0.2) is 18.9 Å². The number of amides is 1. The molecule has 1 spiro atoms. The van der Waals surface area contributed by atoms with Crippen LogP contribution in [0.3, 0.4) is 0 Å². The third-order valence-corrected chi connectivity index (χ3v) is 9.59. The minimum atomic E-state index is -0.899. The molecule has 5 aromatic rings. The highest BCUT2D eigenvalue weighted by Crippen LogP contribution is 2.42. The SMILES string of the molecule is CC(=O)OCc1c(-c2cc(Nc3ccc(N4CC5(CN(C(=O)O)C5)C4)cn3)c(=O)n(C)n2)cccc1-n1ncc2cc(C(C)(C)C)cc(F)c2c1=O. The number of rotatable bonds is 7. The standard InChI is InChI=1S/C37H37FN8O6/c1-21(47)52-16-26-25(7-6-8-30(26)46-34(49)32-22(14-40-46)11-23(12-27(32)38)36(2,3)4)28-13-29(33(48)43(5)42-28)41-31-10-9-24(15-39-31)44-17-37(18-44)19-45(20-37)35(50)51/h6-15H,16-20H2,1-5H3,(H,39,41)(H,50,51). The molecular weight excluding hydrogens is 671 g/mol. The highest BCUT2D eigenvalue weighted by atomic mass is 19.1. The molecule has 0 radical (unpaired) electrons. The summed E-state index contributed by atoms with van der Waals surface area (Å²) in [4.78, 5) is 58.3. The van der Waals surface area contributed by atoms with Crippen molar-refractivity contribution in [3.8, 4) is 16.9 Å². The number of pyridine rings is 1. The third kappa shape index (κ3) is 6.22. The fraction of sp³-hybridized carbons (Fsp3) is 0.324. The Bertz CT molecular complexity index is 2370. The summed E-state index contributed by atoms with van der Waals surface area (Å²) in [6.07, 6.45) is 2.23. The molecule has 2 aromatic carbocycles. The normalized spacial score (nSPS) is 15.0.